The number of furan rings is 1. The van der Waals surface area contributed by atoms with Gasteiger partial charge in [0.05, 0.1) is 6.54 Å². The van der Waals surface area contributed by atoms with Crippen LogP contribution in [-0.4, -0.2) is 6.54 Å². The third-order valence-corrected chi connectivity index (χ3v) is 4.81. The van der Waals surface area contributed by atoms with Gasteiger partial charge in [0, 0.05) is 14.5 Å². The highest BCUT2D eigenvalue weighted by Crippen LogP contribution is 2.31. The summed E-state index contributed by atoms with van der Waals surface area (Å²) in [5.41, 5.74) is 2.14. The maximum atomic E-state index is 12.9. The molecule has 0 aliphatic carbocycles. The Balaban J connectivity index is 1.53. The van der Waals surface area contributed by atoms with Gasteiger partial charge in [-0.3, -0.25) is 0 Å². The van der Waals surface area contributed by atoms with Gasteiger partial charge in [0.2, 0.25) is 0 Å². The first kappa shape index (κ1) is 17.4. The molecule has 3 rings (SSSR count). The normalized spacial score (nSPS) is 11.0. The lowest BCUT2D eigenvalue weighted by molar-refractivity contribution is 0.494. The van der Waals surface area contributed by atoms with Crippen molar-refractivity contribution in [2.45, 2.75) is 13.0 Å². The van der Waals surface area contributed by atoms with Gasteiger partial charge in [-0.2, -0.15) is 0 Å². The number of rotatable bonds is 6. The smallest absolute Gasteiger partial charge is 0.135 e. The molecule has 0 amide bonds. The average molecular weight is 453 g/mol. The van der Waals surface area contributed by atoms with Crippen molar-refractivity contribution in [2.24, 2.45) is 0 Å². The summed E-state index contributed by atoms with van der Waals surface area (Å²) in [4.78, 5) is 0. The number of nitrogens with one attached hydrogen (secondary N) is 1. The summed E-state index contributed by atoms with van der Waals surface area (Å²) in [5.74, 6) is 1.53. The maximum Gasteiger partial charge on any atom is 0.135 e. The SMILES string of the molecule is Fc1ccc(CCNCc2ccc(-c3ccc(Br)cc3Br)o2)cc1. The second kappa shape index (κ2) is 8.10. The molecule has 0 spiro atoms. The van der Waals surface area contributed by atoms with Gasteiger partial charge in [-0.1, -0.05) is 28.1 Å². The predicted molar refractivity (Wildman–Crippen MR) is 101 cm³/mol. The fourth-order valence-electron chi connectivity index (χ4n) is 2.40. The molecule has 1 N–H and O–H groups in total. The van der Waals surface area contributed by atoms with Crippen molar-refractivity contribution in [3.05, 3.63) is 80.7 Å². The van der Waals surface area contributed by atoms with Crippen LogP contribution in [0.25, 0.3) is 11.3 Å². The fourth-order valence-corrected chi connectivity index (χ4v) is 3.64. The Labute approximate surface area is 157 Å². The van der Waals surface area contributed by atoms with Gasteiger partial charge in [-0.05, 0) is 76.9 Å². The Hall–Kier alpha value is -1.43. The quantitative estimate of drug-likeness (QED) is 0.468. The standard InChI is InChI=1S/C19H16Br2FNO/c20-14-3-7-17(18(21)11-14)19-8-6-16(24-19)12-23-10-9-13-1-4-15(22)5-2-13/h1-8,11,23H,9-10,12H2. The molecule has 0 fully saturated rings. The van der Waals surface area contributed by atoms with Crippen molar-refractivity contribution in [1.29, 1.82) is 0 Å². The monoisotopic (exact) mass is 451 g/mol. The van der Waals surface area contributed by atoms with E-state index in [4.69, 9.17) is 4.42 Å². The third-order valence-electron chi connectivity index (χ3n) is 3.66. The second-order valence-corrected chi connectivity index (χ2v) is 7.21. The maximum absolute atomic E-state index is 12.9. The zero-order chi connectivity index (χ0) is 16.9. The van der Waals surface area contributed by atoms with Crippen molar-refractivity contribution in [1.82, 2.24) is 5.32 Å². The largest absolute Gasteiger partial charge is 0.460 e. The van der Waals surface area contributed by atoms with Gasteiger partial charge in [-0.15, -0.1) is 0 Å². The summed E-state index contributed by atoms with van der Waals surface area (Å²) in [5, 5.41) is 3.35. The highest BCUT2D eigenvalue weighted by molar-refractivity contribution is 9.11. The highest BCUT2D eigenvalue weighted by Gasteiger charge is 2.08. The molecule has 0 radical (unpaired) electrons. The van der Waals surface area contributed by atoms with Crippen LogP contribution in [0.15, 0.2) is 68.0 Å². The van der Waals surface area contributed by atoms with E-state index in [0.717, 1.165) is 44.6 Å². The molecule has 0 atom stereocenters. The lowest BCUT2D eigenvalue weighted by atomic mass is 10.1. The molecule has 0 unspecified atom stereocenters. The highest BCUT2D eigenvalue weighted by atomic mass is 79.9. The Bertz CT molecular complexity index is 814. The molecule has 5 heteroatoms. The van der Waals surface area contributed by atoms with Crippen molar-refractivity contribution < 1.29 is 8.81 Å². The zero-order valence-electron chi connectivity index (χ0n) is 12.9. The molecule has 2 aromatic carbocycles. The minimum Gasteiger partial charge on any atom is -0.460 e. The summed E-state index contributed by atoms with van der Waals surface area (Å²) in [6, 6.07) is 16.6. The minimum absolute atomic E-state index is 0.200. The van der Waals surface area contributed by atoms with Crippen LogP contribution in [0.1, 0.15) is 11.3 Å². The summed E-state index contributed by atoms with van der Waals surface area (Å²) in [7, 11) is 0. The van der Waals surface area contributed by atoms with Crippen LogP contribution >= 0.6 is 31.9 Å². The van der Waals surface area contributed by atoms with E-state index in [1.807, 2.05) is 42.5 Å². The van der Waals surface area contributed by atoms with E-state index in [1.54, 1.807) is 0 Å². The van der Waals surface area contributed by atoms with Gasteiger partial charge in [-0.25, -0.2) is 4.39 Å². The number of hydrogen-bond donors (Lipinski definition) is 1. The zero-order valence-corrected chi connectivity index (χ0v) is 16.0. The average Bonchev–Trinajstić information content (AvgIpc) is 3.02. The molecular formula is C19H16Br2FNO. The van der Waals surface area contributed by atoms with Gasteiger partial charge in [0.1, 0.15) is 17.3 Å². The van der Waals surface area contributed by atoms with Gasteiger partial charge < -0.3 is 9.73 Å². The Morgan fingerprint density at radius 3 is 2.50 bits per heavy atom. The molecular weight excluding hydrogens is 437 g/mol. The van der Waals surface area contributed by atoms with Crippen molar-refractivity contribution in [3.8, 4) is 11.3 Å². The lowest BCUT2D eigenvalue weighted by Gasteiger charge is -2.04. The molecule has 0 aliphatic rings. The number of hydrogen-bond acceptors (Lipinski definition) is 2. The van der Waals surface area contributed by atoms with Crippen LogP contribution in [0, 0.1) is 5.82 Å². The number of benzene rings is 2. The van der Waals surface area contributed by atoms with Crippen LogP contribution in [0.4, 0.5) is 4.39 Å². The van der Waals surface area contributed by atoms with Crippen molar-refractivity contribution in [2.75, 3.05) is 6.54 Å². The summed E-state index contributed by atoms with van der Waals surface area (Å²) >= 11 is 7.00. The first-order valence-electron chi connectivity index (χ1n) is 7.61. The Morgan fingerprint density at radius 2 is 1.75 bits per heavy atom. The molecule has 3 aromatic rings. The van der Waals surface area contributed by atoms with Crippen LogP contribution in [-0.2, 0) is 13.0 Å². The van der Waals surface area contributed by atoms with E-state index in [2.05, 4.69) is 37.2 Å². The molecule has 0 saturated heterocycles. The molecule has 0 bridgehead atoms. The first-order chi connectivity index (χ1) is 11.6. The van der Waals surface area contributed by atoms with Gasteiger partial charge >= 0.3 is 0 Å². The Morgan fingerprint density at radius 1 is 0.958 bits per heavy atom. The molecule has 124 valence electrons. The van der Waals surface area contributed by atoms with Crippen LogP contribution in [0.3, 0.4) is 0 Å². The van der Waals surface area contributed by atoms with Crippen molar-refractivity contribution >= 4 is 31.9 Å². The van der Waals surface area contributed by atoms with Crippen LogP contribution < -0.4 is 5.32 Å². The van der Waals surface area contributed by atoms with Crippen molar-refractivity contribution in [3.63, 3.8) is 0 Å². The van der Waals surface area contributed by atoms with Gasteiger partial charge in [0.15, 0.2) is 0 Å². The van der Waals surface area contributed by atoms with E-state index in [0.29, 0.717) is 6.54 Å². The van der Waals surface area contributed by atoms with E-state index in [-0.39, 0.29) is 5.82 Å². The number of halogens is 3. The molecule has 2 nitrogen and oxygen atoms in total. The fraction of sp³-hybridized carbons (Fsp3) is 0.158. The molecule has 1 aromatic heterocycles. The minimum atomic E-state index is -0.200. The van der Waals surface area contributed by atoms with Gasteiger partial charge in [0.25, 0.3) is 0 Å². The van der Waals surface area contributed by atoms with E-state index in [9.17, 15) is 4.39 Å². The summed E-state index contributed by atoms with van der Waals surface area (Å²) < 4.78 is 20.8. The molecule has 0 saturated carbocycles. The lowest BCUT2D eigenvalue weighted by Crippen LogP contribution is -2.16. The van der Waals surface area contributed by atoms with E-state index in [1.165, 1.54) is 12.1 Å². The molecule has 0 aliphatic heterocycles. The molecule has 24 heavy (non-hydrogen) atoms. The Kier molecular flexibility index (Phi) is 5.87. The topological polar surface area (TPSA) is 25.2 Å². The van der Waals surface area contributed by atoms with E-state index < -0.39 is 0 Å². The van der Waals surface area contributed by atoms with Crippen LogP contribution in [0.2, 0.25) is 0 Å². The van der Waals surface area contributed by atoms with E-state index >= 15 is 0 Å². The third kappa shape index (κ3) is 4.56. The predicted octanol–water partition coefficient (Wildman–Crippen LogP) is 5.94. The molecule has 1 heterocycles. The first-order valence-corrected chi connectivity index (χ1v) is 9.20. The summed E-state index contributed by atoms with van der Waals surface area (Å²) in [6.45, 7) is 1.47. The second-order valence-electron chi connectivity index (χ2n) is 5.44. The van der Waals surface area contributed by atoms with Crippen LogP contribution in [0.5, 0.6) is 0 Å². The summed E-state index contributed by atoms with van der Waals surface area (Å²) in [6.07, 6.45) is 0.853.